The second-order valence-electron chi connectivity index (χ2n) is 5.53. The molecular weight excluding hydrogens is 304 g/mol. The number of hydrogen-bond donors (Lipinski definition) is 0. The molecule has 1 heterocycles. The molecule has 1 aliphatic heterocycles. The number of nitrogens with zero attached hydrogens (tertiary/aromatic N) is 2. The average molecular weight is 318 g/mol. The second kappa shape index (κ2) is 6.69. The van der Waals surface area contributed by atoms with Gasteiger partial charge in [0.05, 0.1) is 23.3 Å². The first-order chi connectivity index (χ1) is 11.2. The van der Waals surface area contributed by atoms with Gasteiger partial charge < -0.3 is 0 Å². The molecule has 4 heteroatoms. The zero-order valence-electron chi connectivity index (χ0n) is 12.4. The van der Waals surface area contributed by atoms with Crippen molar-refractivity contribution in [2.45, 2.75) is 23.3 Å². The average Bonchev–Trinajstić information content (AvgIpc) is 2.61. The largest absolute Gasteiger partial charge is 0.300 e. The molecule has 1 saturated heterocycles. The maximum absolute atomic E-state index is 12.2. The van der Waals surface area contributed by atoms with Crippen LogP contribution in [0.5, 0.6) is 0 Å². The Bertz CT molecular complexity index is 730. The highest BCUT2D eigenvalue weighted by Gasteiger charge is 2.29. The monoisotopic (exact) mass is 318 g/mol. The second-order valence-corrected chi connectivity index (χ2v) is 6.94. The number of carbonyl (C=O) groups is 1. The molecular formula is C19H14N2OS. The molecule has 3 nitrogen and oxygen atoms in total. The zero-order chi connectivity index (χ0) is 16.2. The third-order valence-corrected chi connectivity index (χ3v) is 5.51. The van der Waals surface area contributed by atoms with E-state index in [4.69, 9.17) is 10.5 Å². The summed E-state index contributed by atoms with van der Waals surface area (Å²) >= 11 is 1.78. The molecule has 0 radical (unpaired) electrons. The molecule has 112 valence electrons. The Morgan fingerprint density at radius 2 is 1.17 bits per heavy atom. The molecule has 2 atom stereocenters. The number of ketones is 1. The fourth-order valence-electron chi connectivity index (χ4n) is 2.73. The first-order valence-corrected chi connectivity index (χ1v) is 8.31. The van der Waals surface area contributed by atoms with Gasteiger partial charge in [-0.3, -0.25) is 4.79 Å². The molecule has 0 spiro atoms. The molecule has 0 aromatic heterocycles. The minimum absolute atomic E-state index is 0.115. The number of thioether (sulfide) groups is 1. The van der Waals surface area contributed by atoms with E-state index in [1.165, 1.54) is 0 Å². The maximum Gasteiger partial charge on any atom is 0.135 e. The molecule has 1 aliphatic rings. The lowest BCUT2D eigenvalue weighted by atomic mass is 9.99. The predicted octanol–water partition coefficient (Wildman–Crippen LogP) is 4.31. The molecule has 1 fully saturated rings. The van der Waals surface area contributed by atoms with Crippen molar-refractivity contribution >= 4 is 17.5 Å². The van der Waals surface area contributed by atoms with Crippen LogP contribution in [0.3, 0.4) is 0 Å². The van der Waals surface area contributed by atoms with Crippen LogP contribution in [0.15, 0.2) is 48.5 Å². The van der Waals surface area contributed by atoms with Crippen LogP contribution in [0.25, 0.3) is 0 Å². The minimum Gasteiger partial charge on any atom is -0.300 e. The summed E-state index contributed by atoms with van der Waals surface area (Å²) in [5, 5.41) is 18.0. The van der Waals surface area contributed by atoms with Crippen LogP contribution in [-0.2, 0) is 4.79 Å². The Morgan fingerprint density at radius 3 is 1.52 bits per heavy atom. The fraction of sp³-hybridized carbons (Fsp3) is 0.211. The van der Waals surface area contributed by atoms with E-state index in [1.807, 2.05) is 24.3 Å². The smallest absolute Gasteiger partial charge is 0.135 e. The molecule has 2 aromatic carbocycles. The lowest BCUT2D eigenvalue weighted by molar-refractivity contribution is -0.119. The number of rotatable bonds is 2. The first-order valence-electron chi connectivity index (χ1n) is 7.37. The number of hydrogen-bond acceptors (Lipinski definition) is 4. The molecule has 0 amide bonds. The molecule has 23 heavy (non-hydrogen) atoms. The van der Waals surface area contributed by atoms with Gasteiger partial charge in [0.1, 0.15) is 5.78 Å². The van der Waals surface area contributed by atoms with Crippen LogP contribution < -0.4 is 0 Å². The van der Waals surface area contributed by atoms with Crippen molar-refractivity contribution in [2.75, 3.05) is 0 Å². The number of benzene rings is 2. The van der Waals surface area contributed by atoms with Crippen molar-refractivity contribution in [3.8, 4) is 12.1 Å². The molecule has 2 aromatic rings. The third-order valence-electron chi connectivity index (χ3n) is 3.98. The van der Waals surface area contributed by atoms with E-state index in [0.717, 1.165) is 11.1 Å². The van der Waals surface area contributed by atoms with Gasteiger partial charge in [-0.05, 0) is 35.4 Å². The molecule has 0 bridgehead atoms. The van der Waals surface area contributed by atoms with E-state index in [9.17, 15) is 4.79 Å². The van der Waals surface area contributed by atoms with Crippen molar-refractivity contribution in [1.29, 1.82) is 10.5 Å². The van der Waals surface area contributed by atoms with Crippen molar-refractivity contribution < 1.29 is 4.79 Å². The van der Waals surface area contributed by atoms with Gasteiger partial charge in [0, 0.05) is 23.3 Å². The third kappa shape index (κ3) is 3.44. The van der Waals surface area contributed by atoms with Gasteiger partial charge >= 0.3 is 0 Å². The molecule has 3 rings (SSSR count). The lowest BCUT2D eigenvalue weighted by Gasteiger charge is -2.28. The van der Waals surface area contributed by atoms with Gasteiger partial charge in [0.15, 0.2) is 0 Å². The SMILES string of the molecule is N#Cc1ccc([C@@H]2CC(=O)C[C@@H](c3ccc(C#N)cc3)S2)cc1. The zero-order valence-corrected chi connectivity index (χ0v) is 13.2. The van der Waals surface area contributed by atoms with E-state index >= 15 is 0 Å². The van der Waals surface area contributed by atoms with Crippen molar-refractivity contribution in [3.63, 3.8) is 0 Å². The summed E-state index contributed by atoms with van der Waals surface area (Å²) in [5.74, 6) is 0.257. The van der Waals surface area contributed by atoms with Crippen LogP contribution >= 0.6 is 11.8 Å². The predicted molar refractivity (Wildman–Crippen MR) is 89.6 cm³/mol. The summed E-state index contributed by atoms with van der Waals surface area (Å²) < 4.78 is 0. The van der Waals surface area contributed by atoms with Gasteiger partial charge in [-0.15, -0.1) is 11.8 Å². The highest BCUT2D eigenvalue weighted by Crippen LogP contribution is 2.48. The molecule has 0 saturated carbocycles. The number of nitriles is 2. The van der Waals surface area contributed by atoms with Crippen LogP contribution in [0.2, 0.25) is 0 Å². The molecule has 0 N–H and O–H groups in total. The Kier molecular flexibility index (Phi) is 4.46. The van der Waals surface area contributed by atoms with Crippen molar-refractivity contribution in [1.82, 2.24) is 0 Å². The Hall–Kier alpha value is -2.56. The van der Waals surface area contributed by atoms with Gasteiger partial charge in [-0.2, -0.15) is 10.5 Å². The fourth-order valence-corrected chi connectivity index (χ4v) is 4.32. The van der Waals surface area contributed by atoms with Crippen LogP contribution in [0, 0.1) is 22.7 Å². The highest BCUT2D eigenvalue weighted by atomic mass is 32.2. The standard InChI is InChI=1S/C19H14N2OS/c20-11-13-1-5-15(6-2-13)18-9-17(22)10-19(23-18)16-7-3-14(12-21)4-8-16/h1-8,18-19H,9-10H2/t18-,19-/m0/s1. The summed E-state index contributed by atoms with van der Waals surface area (Å²) in [6.45, 7) is 0. The first kappa shape index (κ1) is 15.3. The minimum atomic E-state index is 0.115. The van der Waals surface area contributed by atoms with E-state index < -0.39 is 0 Å². The summed E-state index contributed by atoms with van der Waals surface area (Å²) in [5.41, 5.74) is 3.43. The molecule has 0 unspecified atom stereocenters. The van der Waals surface area contributed by atoms with E-state index in [-0.39, 0.29) is 16.3 Å². The van der Waals surface area contributed by atoms with E-state index in [0.29, 0.717) is 24.0 Å². The Morgan fingerprint density at radius 1 is 0.783 bits per heavy atom. The quantitative estimate of drug-likeness (QED) is 0.827. The van der Waals surface area contributed by atoms with E-state index in [1.54, 1.807) is 36.0 Å². The normalized spacial score (nSPS) is 20.5. The maximum atomic E-state index is 12.2. The number of carbonyl (C=O) groups excluding carboxylic acids is 1. The van der Waals surface area contributed by atoms with Crippen molar-refractivity contribution in [2.24, 2.45) is 0 Å². The van der Waals surface area contributed by atoms with Crippen LogP contribution in [0.4, 0.5) is 0 Å². The topological polar surface area (TPSA) is 64.7 Å². The van der Waals surface area contributed by atoms with E-state index in [2.05, 4.69) is 12.1 Å². The summed E-state index contributed by atoms with van der Waals surface area (Å²) in [6.07, 6.45) is 1.06. The summed E-state index contributed by atoms with van der Waals surface area (Å²) in [7, 11) is 0. The van der Waals surface area contributed by atoms with Crippen LogP contribution in [-0.4, -0.2) is 5.78 Å². The summed E-state index contributed by atoms with van der Waals surface area (Å²) in [6, 6.07) is 19.2. The number of Topliss-reactive ketones (excluding diaryl/α,β-unsaturated/α-hetero) is 1. The highest BCUT2D eigenvalue weighted by molar-refractivity contribution is 7.99. The Labute approximate surface area is 139 Å². The summed E-state index contributed by atoms with van der Waals surface area (Å²) in [4.78, 5) is 12.2. The van der Waals surface area contributed by atoms with Crippen LogP contribution in [0.1, 0.15) is 45.6 Å². The van der Waals surface area contributed by atoms with Gasteiger partial charge in [-0.25, -0.2) is 0 Å². The van der Waals surface area contributed by atoms with Gasteiger partial charge in [-0.1, -0.05) is 24.3 Å². The Balaban J connectivity index is 1.82. The lowest BCUT2D eigenvalue weighted by Crippen LogP contribution is -2.16. The van der Waals surface area contributed by atoms with Gasteiger partial charge in [0.25, 0.3) is 0 Å². The molecule has 0 aliphatic carbocycles. The van der Waals surface area contributed by atoms with Gasteiger partial charge in [0.2, 0.25) is 0 Å². The van der Waals surface area contributed by atoms with Crippen molar-refractivity contribution in [3.05, 3.63) is 70.8 Å².